The lowest BCUT2D eigenvalue weighted by Crippen LogP contribution is -2.40. The van der Waals surface area contributed by atoms with Gasteiger partial charge in [-0.3, -0.25) is 4.79 Å². The van der Waals surface area contributed by atoms with Crippen LogP contribution in [0.5, 0.6) is 0 Å². The maximum atomic E-state index is 12.8. The van der Waals surface area contributed by atoms with Gasteiger partial charge in [0.1, 0.15) is 5.41 Å². The van der Waals surface area contributed by atoms with Gasteiger partial charge in [0.05, 0.1) is 6.07 Å². The number of benzene rings is 1. The number of hydrogen-bond donors (Lipinski definition) is 0. The molecule has 3 heteroatoms. The molecule has 0 saturated heterocycles. The molecule has 0 atom stereocenters. The summed E-state index contributed by atoms with van der Waals surface area (Å²) in [7, 11) is 1.82. The van der Waals surface area contributed by atoms with Gasteiger partial charge in [-0.05, 0) is 30.9 Å². The summed E-state index contributed by atoms with van der Waals surface area (Å²) in [6.07, 6.45) is 5.66. The highest BCUT2D eigenvalue weighted by Crippen LogP contribution is 2.36. The van der Waals surface area contributed by atoms with E-state index in [-0.39, 0.29) is 5.91 Å². The zero-order chi connectivity index (χ0) is 15.3. The molecule has 1 aliphatic carbocycles. The topological polar surface area (TPSA) is 44.1 Å². The molecule has 1 aliphatic rings. The Balaban J connectivity index is 2.14. The van der Waals surface area contributed by atoms with Crippen LogP contribution in [0.25, 0.3) is 0 Å². The number of carbonyl (C=O) groups is 1. The van der Waals surface area contributed by atoms with Crippen LogP contribution in [0.15, 0.2) is 24.3 Å². The van der Waals surface area contributed by atoms with E-state index in [0.717, 1.165) is 31.2 Å². The van der Waals surface area contributed by atoms with Gasteiger partial charge in [-0.15, -0.1) is 0 Å². The van der Waals surface area contributed by atoms with Crippen LogP contribution in [0, 0.1) is 23.7 Å². The quantitative estimate of drug-likeness (QED) is 0.792. The number of nitriles is 1. The molecule has 1 amide bonds. The molecule has 21 heavy (non-hydrogen) atoms. The summed E-state index contributed by atoms with van der Waals surface area (Å²) in [6, 6.07) is 10.4. The first kappa shape index (κ1) is 15.6. The van der Waals surface area contributed by atoms with Crippen LogP contribution < -0.4 is 0 Å². The third kappa shape index (κ3) is 3.44. The zero-order valence-corrected chi connectivity index (χ0v) is 13.1. The Morgan fingerprint density at radius 1 is 1.24 bits per heavy atom. The van der Waals surface area contributed by atoms with Crippen LogP contribution in [0.1, 0.15) is 49.7 Å². The van der Waals surface area contributed by atoms with Crippen molar-refractivity contribution in [2.75, 3.05) is 7.05 Å². The van der Waals surface area contributed by atoms with Crippen LogP contribution in [-0.4, -0.2) is 17.9 Å². The Morgan fingerprint density at radius 3 is 2.43 bits per heavy atom. The monoisotopic (exact) mass is 284 g/mol. The van der Waals surface area contributed by atoms with Crippen LogP contribution >= 0.6 is 0 Å². The number of hydrogen-bond acceptors (Lipinski definition) is 2. The second-order valence-electron chi connectivity index (χ2n) is 6.20. The number of amides is 1. The van der Waals surface area contributed by atoms with E-state index in [4.69, 9.17) is 0 Å². The van der Waals surface area contributed by atoms with Gasteiger partial charge in [-0.25, -0.2) is 0 Å². The van der Waals surface area contributed by atoms with Crippen molar-refractivity contribution in [2.24, 2.45) is 5.41 Å². The van der Waals surface area contributed by atoms with Gasteiger partial charge in [-0.1, -0.05) is 49.9 Å². The smallest absolute Gasteiger partial charge is 0.243 e. The molecule has 1 aromatic carbocycles. The average molecular weight is 284 g/mol. The van der Waals surface area contributed by atoms with E-state index in [1.165, 1.54) is 5.56 Å². The van der Waals surface area contributed by atoms with Crippen molar-refractivity contribution < 1.29 is 4.79 Å². The predicted molar refractivity (Wildman–Crippen MR) is 83.4 cm³/mol. The van der Waals surface area contributed by atoms with E-state index in [1.807, 2.05) is 25.2 Å². The molecule has 0 heterocycles. The van der Waals surface area contributed by atoms with E-state index >= 15 is 0 Å². The maximum Gasteiger partial charge on any atom is 0.243 e. The van der Waals surface area contributed by atoms with E-state index in [0.29, 0.717) is 19.4 Å². The Hall–Kier alpha value is -1.82. The Labute approximate surface area is 127 Å². The molecule has 1 saturated carbocycles. The molecular formula is C18H24N2O. The van der Waals surface area contributed by atoms with Crippen molar-refractivity contribution >= 4 is 5.91 Å². The largest absolute Gasteiger partial charge is 0.340 e. The highest BCUT2D eigenvalue weighted by atomic mass is 16.2. The molecule has 0 bridgehead atoms. The van der Waals surface area contributed by atoms with Crippen molar-refractivity contribution in [2.45, 2.75) is 52.0 Å². The molecule has 112 valence electrons. The highest BCUT2D eigenvalue weighted by molar-refractivity contribution is 5.85. The van der Waals surface area contributed by atoms with Crippen molar-refractivity contribution in [1.29, 1.82) is 5.26 Å². The number of aryl methyl sites for hydroxylation is 1. The standard InChI is InChI=1S/C18H24N2O/c1-15-9-5-6-10-16(15)13-20(2)17(21)18(14-19)11-7-3-4-8-12-18/h5-6,9-10H,3-4,7-8,11-13H2,1-2H3. The Bertz CT molecular complexity index is 536. The third-order valence-electron chi connectivity index (χ3n) is 4.60. The van der Waals surface area contributed by atoms with Gasteiger partial charge in [0.25, 0.3) is 0 Å². The lowest BCUT2D eigenvalue weighted by molar-refractivity contribution is -0.138. The van der Waals surface area contributed by atoms with Gasteiger partial charge in [-0.2, -0.15) is 5.26 Å². The van der Waals surface area contributed by atoms with E-state index in [2.05, 4.69) is 19.1 Å². The molecule has 0 spiro atoms. The molecule has 1 aromatic rings. The van der Waals surface area contributed by atoms with Crippen molar-refractivity contribution in [3.8, 4) is 6.07 Å². The molecule has 3 nitrogen and oxygen atoms in total. The van der Waals surface area contributed by atoms with Crippen LogP contribution in [-0.2, 0) is 11.3 Å². The van der Waals surface area contributed by atoms with Gasteiger partial charge in [0, 0.05) is 13.6 Å². The van der Waals surface area contributed by atoms with Gasteiger partial charge in [0.2, 0.25) is 5.91 Å². The Kier molecular flexibility index (Phi) is 5.01. The van der Waals surface area contributed by atoms with Crippen LogP contribution in [0.2, 0.25) is 0 Å². The zero-order valence-electron chi connectivity index (χ0n) is 13.1. The van der Waals surface area contributed by atoms with Crippen molar-refractivity contribution in [1.82, 2.24) is 4.90 Å². The van der Waals surface area contributed by atoms with Gasteiger partial charge in [0.15, 0.2) is 0 Å². The fourth-order valence-corrected chi connectivity index (χ4v) is 3.19. The lowest BCUT2D eigenvalue weighted by Gasteiger charge is -2.29. The number of rotatable bonds is 3. The third-order valence-corrected chi connectivity index (χ3v) is 4.60. The summed E-state index contributed by atoms with van der Waals surface area (Å²) in [5.41, 5.74) is 1.53. The molecule has 1 fully saturated rings. The minimum absolute atomic E-state index is 0.00449. The van der Waals surface area contributed by atoms with Crippen LogP contribution in [0.4, 0.5) is 0 Å². The highest BCUT2D eigenvalue weighted by Gasteiger charge is 2.40. The molecule has 2 rings (SSSR count). The number of carbonyl (C=O) groups excluding carboxylic acids is 1. The molecule has 0 unspecified atom stereocenters. The summed E-state index contributed by atoms with van der Waals surface area (Å²) < 4.78 is 0. The summed E-state index contributed by atoms with van der Waals surface area (Å²) >= 11 is 0. The van der Waals surface area contributed by atoms with Crippen molar-refractivity contribution in [3.63, 3.8) is 0 Å². The van der Waals surface area contributed by atoms with Gasteiger partial charge >= 0.3 is 0 Å². The maximum absolute atomic E-state index is 12.8. The summed E-state index contributed by atoms with van der Waals surface area (Å²) in [4.78, 5) is 14.6. The fraction of sp³-hybridized carbons (Fsp3) is 0.556. The first-order valence-electron chi connectivity index (χ1n) is 7.80. The minimum Gasteiger partial charge on any atom is -0.340 e. The molecule has 0 aliphatic heterocycles. The lowest BCUT2D eigenvalue weighted by atomic mass is 9.80. The molecule has 0 N–H and O–H groups in total. The molecule has 0 aromatic heterocycles. The summed E-state index contributed by atoms with van der Waals surface area (Å²) in [6.45, 7) is 2.63. The summed E-state index contributed by atoms with van der Waals surface area (Å²) in [5, 5.41) is 9.61. The summed E-state index contributed by atoms with van der Waals surface area (Å²) in [5.74, 6) is -0.00449. The van der Waals surface area contributed by atoms with E-state index in [9.17, 15) is 10.1 Å². The molecule has 0 radical (unpaired) electrons. The molecular weight excluding hydrogens is 260 g/mol. The SMILES string of the molecule is Cc1ccccc1CN(C)C(=O)C1(C#N)CCCCCC1. The normalized spacial score (nSPS) is 17.6. The first-order valence-corrected chi connectivity index (χ1v) is 7.80. The van der Waals surface area contributed by atoms with E-state index < -0.39 is 5.41 Å². The fourth-order valence-electron chi connectivity index (χ4n) is 3.19. The first-order chi connectivity index (χ1) is 10.1. The van der Waals surface area contributed by atoms with Crippen LogP contribution in [0.3, 0.4) is 0 Å². The second-order valence-corrected chi connectivity index (χ2v) is 6.20. The van der Waals surface area contributed by atoms with E-state index in [1.54, 1.807) is 4.90 Å². The predicted octanol–water partition coefficient (Wildman–Crippen LogP) is 3.82. The number of nitrogens with zero attached hydrogens (tertiary/aromatic N) is 2. The van der Waals surface area contributed by atoms with Crippen molar-refractivity contribution in [3.05, 3.63) is 35.4 Å². The van der Waals surface area contributed by atoms with Gasteiger partial charge < -0.3 is 4.90 Å². The Morgan fingerprint density at radius 2 is 1.86 bits per heavy atom. The minimum atomic E-state index is -0.798. The second kappa shape index (κ2) is 6.76. The average Bonchev–Trinajstić information content (AvgIpc) is 2.75.